The van der Waals surface area contributed by atoms with Crippen molar-refractivity contribution in [3.8, 4) is 11.1 Å². The summed E-state index contributed by atoms with van der Waals surface area (Å²) in [7, 11) is 0. The van der Waals surface area contributed by atoms with E-state index in [1.807, 2.05) is 41.3 Å². The van der Waals surface area contributed by atoms with Crippen molar-refractivity contribution < 1.29 is 9.18 Å². The van der Waals surface area contributed by atoms with Crippen molar-refractivity contribution in [2.24, 2.45) is 0 Å². The van der Waals surface area contributed by atoms with E-state index in [-0.39, 0.29) is 18.0 Å². The molecule has 41 heavy (non-hydrogen) atoms. The normalized spacial score (nSPS) is 16.3. The number of carbonyl (C=O) groups is 1. The van der Waals surface area contributed by atoms with Gasteiger partial charge in [-0.05, 0) is 84.1 Å². The van der Waals surface area contributed by atoms with Crippen molar-refractivity contribution >= 4 is 29.4 Å². The molecule has 208 valence electrons. The summed E-state index contributed by atoms with van der Waals surface area (Å²) in [4.78, 5) is 21.5. The zero-order valence-electron chi connectivity index (χ0n) is 22.8. The molecule has 0 atom stereocenters. The van der Waals surface area contributed by atoms with Crippen LogP contribution in [0.5, 0.6) is 0 Å². The minimum Gasteiger partial charge on any atom is -0.334 e. The Bertz CT molecular complexity index is 1550. The topological polar surface area (TPSA) is 48.5 Å². The fourth-order valence-corrected chi connectivity index (χ4v) is 6.26. The minimum atomic E-state index is -0.551. The maximum absolute atomic E-state index is 13.6. The summed E-state index contributed by atoms with van der Waals surface area (Å²) >= 11 is 6.02. The summed E-state index contributed by atoms with van der Waals surface area (Å²) in [5.74, 6) is -0.551. The van der Waals surface area contributed by atoms with Crippen molar-refractivity contribution in [1.29, 1.82) is 0 Å². The molecular weight excluding hydrogens is 535 g/mol. The van der Waals surface area contributed by atoms with Crippen LogP contribution in [0.1, 0.15) is 29.5 Å². The lowest BCUT2D eigenvalue weighted by atomic mass is 9.72. The highest BCUT2D eigenvalue weighted by atomic mass is 35.5. The van der Waals surface area contributed by atoms with Crippen LogP contribution < -0.4 is 10.2 Å². The van der Waals surface area contributed by atoms with E-state index in [9.17, 15) is 9.18 Å². The van der Waals surface area contributed by atoms with Crippen LogP contribution in [0.3, 0.4) is 0 Å². The standard InChI is InChI=1S/C34H32ClFN4O/c35-28-13-11-25(12-14-28)6-5-19-39-20-16-34(17-21-39)24-40(33(41)38-23-26-15-18-37-31(36)22-26)30-10-4-9-29(32(30)34)27-7-2-1-3-8-27/h1-15,18,22H,16-17,19-21,23-24H2,(H,38,41). The van der Waals surface area contributed by atoms with Gasteiger partial charge in [0, 0.05) is 42.0 Å². The monoisotopic (exact) mass is 566 g/mol. The van der Waals surface area contributed by atoms with Crippen molar-refractivity contribution in [3.05, 3.63) is 125 Å². The lowest BCUT2D eigenvalue weighted by Gasteiger charge is -2.40. The van der Waals surface area contributed by atoms with Gasteiger partial charge in [0.05, 0.1) is 0 Å². The van der Waals surface area contributed by atoms with Gasteiger partial charge in [-0.25, -0.2) is 9.78 Å². The number of aromatic nitrogens is 1. The Morgan fingerprint density at radius 2 is 1.78 bits per heavy atom. The fraction of sp³-hybridized carbons (Fsp3) is 0.235. The van der Waals surface area contributed by atoms with Gasteiger partial charge in [-0.1, -0.05) is 78.4 Å². The number of halogens is 2. The number of hydrogen-bond acceptors (Lipinski definition) is 3. The maximum Gasteiger partial charge on any atom is 0.322 e. The number of urea groups is 1. The van der Waals surface area contributed by atoms with Gasteiger partial charge in [-0.2, -0.15) is 4.39 Å². The molecule has 5 nitrogen and oxygen atoms in total. The summed E-state index contributed by atoms with van der Waals surface area (Å²) in [5.41, 5.74) is 6.23. The SMILES string of the molecule is O=C(NCc1ccnc(F)c1)N1CC2(CCN(CC=Cc3ccc(Cl)cc3)CC2)c2c(-c3ccccc3)cccc21. The number of nitrogens with one attached hydrogen (secondary N) is 1. The number of benzene rings is 3. The van der Waals surface area contributed by atoms with Crippen LogP contribution in [-0.2, 0) is 12.0 Å². The first kappa shape index (κ1) is 27.2. The predicted octanol–water partition coefficient (Wildman–Crippen LogP) is 7.32. The van der Waals surface area contributed by atoms with Crippen LogP contribution >= 0.6 is 11.6 Å². The van der Waals surface area contributed by atoms with Gasteiger partial charge in [-0.15, -0.1) is 0 Å². The van der Waals surface area contributed by atoms with Crippen molar-refractivity contribution in [1.82, 2.24) is 15.2 Å². The van der Waals surface area contributed by atoms with E-state index in [0.29, 0.717) is 12.1 Å². The Morgan fingerprint density at radius 1 is 1.00 bits per heavy atom. The fourth-order valence-electron chi connectivity index (χ4n) is 6.14. The molecule has 1 spiro atoms. The number of likely N-dealkylation sites (tertiary alicyclic amines) is 1. The molecule has 0 radical (unpaired) electrons. The number of hydrogen-bond donors (Lipinski definition) is 1. The molecule has 1 aromatic heterocycles. The molecule has 1 fully saturated rings. The molecule has 0 unspecified atom stereocenters. The first-order chi connectivity index (χ1) is 20.0. The molecule has 2 aliphatic rings. The summed E-state index contributed by atoms with van der Waals surface area (Å²) in [6, 6.07) is 27.5. The van der Waals surface area contributed by atoms with E-state index >= 15 is 0 Å². The Labute approximate surface area is 245 Å². The van der Waals surface area contributed by atoms with E-state index in [1.165, 1.54) is 23.4 Å². The summed E-state index contributed by atoms with van der Waals surface area (Å²) < 4.78 is 13.6. The third-order valence-corrected chi connectivity index (χ3v) is 8.50. The molecule has 3 aromatic carbocycles. The molecule has 0 saturated carbocycles. The molecule has 4 aromatic rings. The maximum atomic E-state index is 13.6. The van der Waals surface area contributed by atoms with Crippen LogP contribution in [0.25, 0.3) is 17.2 Å². The van der Waals surface area contributed by atoms with Crippen LogP contribution in [-0.4, -0.2) is 42.1 Å². The molecule has 2 aliphatic heterocycles. The average molecular weight is 567 g/mol. The first-order valence-electron chi connectivity index (χ1n) is 14.0. The van der Waals surface area contributed by atoms with Crippen LogP contribution in [0, 0.1) is 5.95 Å². The average Bonchev–Trinajstić information content (AvgIpc) is 3.32. The highest BCUT2D eigenvalue weighted by Crippen LogP contribution is 2.51. The zero-order valence-corrected chi connectivity index (χ0v) is 23.5. The summed E-state index contributed by atoms with van der Waals surface area (Å²) in [6.45, 7) is 3.62. The lowest BCUT2D eigenvalue weighted by Crippen LogP contribution is -2.47. The van der Waals surface area contributed by atoms with Gasteiger partial charge >= 0.3 is 6.03 Å². The number of piperidine rings is 1. The van der Waals surface area contributed by atoms with E-state index in [4.69, 9.17) is 11.6 Å². The lowest BCUT2D eigenvalue weighted by molar-refractivity contribution is 0.180. The Morgan fingerprint density at radius 3 is 2.54 bits per heavy atom. The molecule has 7 heteroatoms. The van der Waals surface area contributed by atoms with Crippen molar-refractivity contribution in [2.45, 2.75) is 24.8 Å². The van der Waals surface area contributed by atoms with Gasteiger partial charge in [0.2, 0.25) is 5.95 Å². The summed E-state index contributed by atoms with van der Waals surface area (Å²) in [6.07, 6.45) is 7.68. The minimum absolute atomic E-state index is 0.141. The molecule has 0 bridgehead atoms. The van der Waals surface area contributed by atoms with Crippen molar-refractivity contribution in [3.63, 3.8) is 0 Å². The van der Waals surface area contributed by atoms with E-state index in [0.717, 1.165) is 54.3 Å². The van der Waals surface area contributed by atoms with Gasteiger partial charge in [0.25, 0.3) is 0 Å². The third-order valence-electron chi connectivity index (χ3n) is 8.25. The highest BCUT2D eigenvalue weighted by Gasteiger charge is 2.47. The predicted molar refractivity (Wildman–Crippen MR) is 163 cm³/mol. The number of fused-ring (bicyclic) bond motifs is 2. The zero-order chi connectivity index (χ0) is 28.2. The third kappa shape index (κ3) is 5.90. The number of amides is 2. The van der Waals surface area contributed by atoms with Gasteiger partial charge < -0.3 is 5.32 Å². The molecule has 6 rings (SSSR count). The second-order valence-corrected chi connectivity index (χ2v) is 11.3. The van der Waals surface area contributed by atoms with Gasteiger partial charge in [0.1, 0.15) is 0 Å². The van der Waals surface area contributed by atoms with E-state index in [2.05, 4.69) is 63.8 Å². The second-order valence-electron chi connectivity index (χ2n) is 10.8. The van der Waals surface area contributed by atoms with E-state index in [1.54, 1.807) is 6.07 Å². The Hall–Kier alpha value is -4.00. The number of carbonyl (C=O) groups excluding carboxylic acids is 1. The molecule has 2 amide bonds. The molecule has 1 saturated heterocycles. The molecule has 1 N–H and O–H groups in total. The largest absolute Gasteiger partial charge is 0.334 e. The van der Waals surface area contributed by atoms with Crippen molar-refractivity contribution in [2.75, 3.05) is 31.1 Å². The number of rotatable bonds is 6. The molecular formula is C34H32ClFN4O. The van der Waals surface area contributed by atoms with Crippen LogP contribution in [0.15, 0.2) is 97.2 Å². The first-order valence-corrected chi connectivity index (χ1v) is 14.4. The Balaban J connectivity index is 1.23. The molecule has 3 heterocycles. The smallest absolute Gasteiger partial charge is 0.322 e. The van der Waals surface area contributed by atoms with Crippen LogP contribution in [0.4, 0.5) is 14.9 Å². The van der Waals surface area contributed by atoms with Gasteiger partial charge in [-0.3, -0.25) is 9.80 Å². The second kappa shape index (κ2) is 11.9. The van der Waals surface area contributed by atoms with Gasteiger partial charge in [0.15, 0.2) is 0 Å². The number of anilines is 1. The quantitative estimate of drug-likeness (QED) is 0.249. The highest BCUT2D eigenvalue weighted by molar-refractivity contribution is 6.30. The van der Waals surface area contributed by atoms with E-state index < -0.39 is 5.95 Å². The summed E-state index contributed by atoms with van der Waals surface area (Å²) in [5, 5.41) is 3.75. The molecule has 0 aliphatic carbocycles. The Kier molecular flexibility index (Phi) is 7.86. The van der Waals surface area contributed by atoms with Crippen LogP contribution in [0.2, 0.25) is 5.02 Å². The number of pyridine rings is 1. The number of nitrogens with zero attached hydrogens (tertiary/aromatic N) is 3.